The monoisotopic (exact) mass is 757 g/mol. The zero-order valence-corrected chi connectivity index (χ0v) is 30.5. The Morgan fingerprint density at radius 1 is 0.577 bits per heavy atom. The van der Waals surface area contributed by atoms with Crippen LogP contribution in [-0.4, -0.2) is 194 Å². The predicted molar refractivity (Wildman–Crippen MR) is 184 cm³/mol. The van der Waals surface area contributed by atoms with Crippen LogP contribution in [-0.2, 0) is 52.2 Å². The molecule has 1 saturated heterocycles. The molecule has 19 heteroatoms. The van der Waals surface area contributed by atoms with Gasteiger partial charge in [-0.05, 0) is 12.8 Å². The van der Waals surface area contributed by atoms with Crippen molar-refractivity contribution in [1.82, 2.24) is 16.0 Å². The first kappa shape index (κ1) is 47.8. The van der Waals surface area contributed by atoms with Gasteiger partial charge in [-0.25, -0.2) is 4.79 Å². The van der Waals surface area contributed by atoms with Gasteiger partial charge in [-0.1, -0.05) is 12.8 Å². The summed E-state index contributed by atoms with van der Waals surface area (Å²) in [7, 11) is 0. The number of amides is 3. The Hall–Kier alpha value is -2.27. The standard InChI is InChI=1S/C33H63N3O16/c1-26(38)36-30-27(52-28(25-37)31(41)32(30)42)5-3-2-4-9-44-13-15-46-11-7-34-33(43)35-8-12-47-16-18-49-20-22-51-24-23-50-21-19-48-17-14-45-10-6-29(39)40/h27-28,30-32,37,41-42H,2-25H2,1H3,(H,36,38)(H,39,40)(H2,34,35,43)/t27-,28-,30+,31+,32-/m1/s1. The number of hydrogen-bond donors (Lipinski definition) is 7. The van der Waals surface area contributed by atoms with Gasteiger partial charge in [0, 0.05) is 26.6 Å². The largest absolute Gasteiger partial charge is 0.481 e. The summed E-state index contributed by atoms with van der Waals surface area (Å²) in [4.78, 5) is 33.7. The number of carbonyl (C=O) groups is 3. The quantitative estimate of drug-likeness (QED) is 0.0361. The van der Waals surface area contributed by atoms with Crippen LogP contribution in [0.3, 0.4) is 0 Å². The SMILES string of the molecule is CC(=O)N[C@@H]1[C@@H](O)[C@@H](O)[C@@H](CO)O[C@@H]1CCCCCOCCOCCNC(=O)NCCOCCOCCOCCOCCOCCOCCC(=O)O. The van der Waals surface area contributed by atoms with E-state index < -0.39 is 43.0 Å². The molecule has 7 N–H and O–H groups in total. The third-order valence-corrected chi connectivity index (χ3v) is 7.43. The maximum Gasteiger partial charge on any atom is 0.314 e. The van der Waals surface area contributed by atoms with E-state index >= 15 is 0 Å². The fourth-order valence-electron chi connectivity index (χ4n) is 4.80. The van der Waals surface area contributed by atoms with E-state index in [1.165, 1.54) is 6.92 Å². The smallest absolute Gasteiger partial charge is 0.314 e. The number of hydrogen-bond acceptors (Lipinski definition) is 15. The lowest BCUT2D eigenvalue weighted by molar-refractivity contribution is -0.196. The molecule has 1 heterocycles. The summed E-state index contributed by atoms with van der Waals surface area (Å²) in [5.41, 5.74) is 0. The first-order valence-electron chi connectivity index (χ1n) is 18.0. The Kier molecular flexibility index (Phi) is 30.6. The van der Waals surface area contributed by atoms with Crippen LogP contribution in [0.15, 0.2) is 0 Å². The number of carboxylic acid groups (broad SMARTS) is 1. The molecule has 0 aromatic heterocycles. The number of ether oxygens (including phenoxy) is 9. The molecule has 3 amide bonds. The van der Waals surface area contributed by atoms with E-state index in [9.17, 15) is 29.7 Å². The molecule has 5 atom stereocenters. The Bertz CT molecular complexity index is 892. The van der Waals surface area contributed by atoms with Crippen molar-refractivity contribution < 1.29 is 77.4 Å². The predicted octanol–water partition coefficient (Wildman–Crippen LogP) is -1.56. The maximum absolute atomic E-state index is 11.8. The second kappa shape index (κ2) is 33.3. The van der Waals surface area contributed by atoms with Crippen LogP contribution in [0.5, 0.6) is 0 Å². The van der Waals surface area contributed by atoms with Crippen molar-refractivity contribution in [3.63, 3.8) is 0 Å². The molecule has 0 saturated carbocycles. The van der Waals surface area contributed by atoms with Crippen molar-refractivity contribution in [2.75, 3.05) is 125 Å². The van der Waals surface area contributed by atoms with Crippen LogP contribution in [0.2, 0.25) is 0 Å². The molecule has 0 spiro atoms. The van der Waals surface area contributed by atoms with Gasteiger partial charge in [0.15, 0.2) is 0 Å². The molecule has 52 heavy (non-hydrogen) atoms. The number of nitrogens with one attached hydrogen (secondary N) is 3. The summed E-state index contributed by atoms with van der Waals surface area (Å²) in [5.74, 6) is -1.22. The highest BCUT2D eigenvalue weighted by Crippen LogP contribution is 2.25. The lowest BCUT2D eigenvalue weighted by atomic mass is 9.90. The molecule has 1 fully saturated rings. The van der Waals surface area contributed by atoms with E-state index in [4.69, 9.17) is 47.7 Å². The number of aliphatic carboxylic acids is 1. The van der Waals surface area contributed by atoms with E-state index in [-0.39, 0.29) is 25.0 Å². The van der Waals surface area contributed by atoms with Crippen molar-refractivity contribution in [2.24, 2.45) is 0 Å². The minimum atomic E-state index is -1.28. The molecule has 19 nitrogen and oxygen atoms in total. The van der Waals surface area contributed by atoms with Crippen molar-refractivity contribution in [3.05, 3.63) is 0 Å². The molecule has 0 bridgehead atoms. The van der Waals surface area contributed by atoms with Gasteiger partial charge < -0.3 is 79.0 Å². The molecule has 1 aliphatic heterocycles. The average Bonchev–Trinajstić information content (AvgIpc) is 3.11. The van der Waals surface area contributed by atoms with Crippen LogP contribution in [0.1, 0.15) is 39.0 Å². The van der Waals surface area contributed by atoms with Crippen molar-refractivity contribution in [2.45, 2.75) is 69.5 Å². The maximum atomic E-state index is 11.8. The van der Waals surface area contributed by atoms with Gasteiger partial charge in [-0.3, -0.25) is 9.59 Å². The Labute approximate surface area is 306 Å². The first-order valence-corrected chi connectivity index (χ1v) is 18.0. The molecule has 0 aromatic carbocycles. The van der Waals surface area contributed by atoms with Gasteiger partial charge in [0.2, 0.25) is 5.91 Å². The zero-order chi connectivity index (χ0) is 38.1. The molecule has 1 rings (SSSR count). The molecule has 0 aliphatic carbocycles. The molecule has 0 radical (unpaired) electrons. The van der Waals surface area contributed by atoms with Gasteiger partial charge in [0.05, 0.1) is 124 Å². The highest BCUT2D eigenvalue weighted by atomic mass is 16.6. The number of carbonyl (C=O) groups excluding carboxylic acids is 2. The molecule has 306 valence electrons. The number of aliphatic hydroxyl groups excluding tert-OH is 3. The fraction of sp³-hybridized carbons (Fsp3) is 0.909. The molecule has 0 aromatic rings. The average molecular weight is 758 g/mol. The highest BCUT2D eigenvalue weighted by Gasteiger charge is 2.44. The van der Waals surface area contributed by atoms with Crippen LogP contribution in [0.4, 0.5) is 4.79 Å². The van der Waals surface area contributed by atoms with Crippen molar-refractivity contribution in [1.29, 1.82) is 0 Å². The van der Waals surface area contributed by atoms with E-state index in [0.717, 1.165) is 19.3 Å². The van der Waals surface area contributed by atoms with Gasteiger partial charge >= 0.3 is 12.0 Å². The summed E-state index contributed by atoms with van der Waals surface area (Å²) in [5, 5.41) is 46.4. The summed E-state index contributed by atoms with van der Waals surface area (Å²) >= 11 is 0. The highest BCUT2D eigenvalue weighted by molar-refractivity contribution is 5.74. The molecule has 0 unspecified atom stereocenters. The number of unbranched alkanes of at least 4 members (excludes halogenated alkanes) is 2. The molecule has 1 aliphatic rings. The summed E-state index contributed by atoms with van der Waals surface area (Å²) in [6, 6.07) is -1.06. The lowest BCUT2D eigenvalue weighted by Gasteiger charge is -2.42. The lowest BCUT2D eigenvalue weighted by Crippen LogP contribution is -2.63. The van der Waals surface area contributed by atoms with Gasteiger partial charge in [0.25, 0.3) is 0 Å². The second-order valence-electron chi connectivity index (χ2n) is 11.7. The summed E-state index contributed by atoms with van der Waals surface area (Å²) < 4.78 is 48.9. The first-order chi connectivity index (χ1) is 25.3. The Morgan fingerprint density at radius 2 is 1.02 bits per heavy atom. The normalized spacial score (nSPS) is 20.1. The van der Waals surface area contributed by atoms with Crippen molar-refractivity contribution >= 4 is 17.9 Å². The Balaban J connectivity index is 1.80. The van der Waals surface area contributed by atoms with Crippen LogP contribution in [0, 0.1) is 0 Å². The van der Waals surface area contributed by atoms with Crippen LogP contribution < -0.4 is 16.0 Å². The van der Waals surface area contributed by atoms with E-state index in [0.29, 0.717) is 119 Å². The minimum Gasteiger partial charge on any atom is -0.481 e. The van der Waals surface area contributed by atoms with E-state index in [1.54, 1.807) is 0 Å². The van der Waals surface area contributed by atoms with Crippen LogP contribution >= 0.6 is 0 Å². The van der Waals surface area contributed by atoms with Gasteiger partial charge in [-0.2, -0.15) is 0 Å². The second-order valence-corrected chi connectivity index (χ2v) is 11.7. The number of urea groups is 1. The molecular weight excluding hydrogens is 694 g/mol. The topological polar surface area (TPSA) is 251 Å². The van der Waals surface area contributed by atoms with Gasteiger partial charge in [-0.15, -0.1) is 0 Å². The van der Waals surface area contributed by atoms with Crippen molar-refractivity contribution in [3.8, 4) is 0 Å². The zero-order valence-electron chi connectivity index (χ0n) is 30.5. The molecular formula is C33H63N3O16. The van der Waals surface area contributed by atoms with Gasteiger partial charge in [0.1, 0.15) is 18.3 Å². The van der Waals surface area contributed by atoms with Crippen LogP contribution in [0.25, 0.3) is 0 Å². The van der Waals surface area contributed by atoms with E-state index in [2.05, 4.69) is 16.0 Å². The number of aliphatic hydroxyl groups is 3. The Morgan fingerprint density at radius 3 is 1.46 bits per heavy atom. The third kappa shape index (κ3) is 26.5. The number of carboxylic acids is 1. The summed E-state index contributed by atoms with van der Waals surface area (Å²) in [6.07, 6.45) is -0.999. The number of rotatable bonds is 35. The fourth-order valence-corrected chi connectivity index (χ4v) is 4.80. The van der Waals surface area contributed by atoms with E-state index in [1.807, 2.05) is 0 Å². The third-order valence-electron chi connectivity index (χ3n) is 7.43. The summed E-state index contributed by atoms with van der Waals surface area (Å²) in [6.45, 7) is 7.96. The minimum absolute atomic E-state index is 0.0192.